The van der Waals surface area contributed by atoms with Gasteiger partial charge in [-0.05, 0) is 0 Å². The molecule has 0 aromatic carbocycles. The van der Waals surface area contributed by atoms with Gasteiger partial charge in [-0.25, -0.2) is 13.2 Å². The van der Waals surface area contributed by atoms with E-state index >= 15 is 0 Å². The molecule has 0 radical (unpaired) electrons. The summed E-state index contributed by atoms with van der Waals surface area (Å²) in [6, 6.07) is 0. The van der Waals surface area contributed by atoms with Crippen molar-refractivity contribution in [3.8, 4) is 0 Å². The van der Waals surface area contributed by atoms with Crippen molar-refractivity contribution in [2.75, 3.05) is 0 Å². The summed E-state index contributed by atoms with van der Waals surface area (Å²) < 4.78 is 270. The molecule has 0 spiro atoms. The molecular formula is C11F20. The van der Waals surface area contributed by atoms with Gasteiger partial charge in [-0.3, -0.25) is 0 Å². The van der Waals surface area contributed by atoms with Crippen LogP contribution in [0.1, 0.15) is 0 Å². The normalized spacial score (nSPS) is 43.7. The van der Waals surface area contributed by atoms with Crippen LogP contribution in [-0.2, 0) is 0 Å². The largest absolute Gasteiger partial charge is 0.432 e. The second kappa shape index (κ2) is 5.22. The van der Waals surface area contributed by atoms with Gasteiger partial charge in [-0.2, -0.15) is 74.6 Å². The Bertz CT molecular complexity index is 779. The van der Waals surface area contributed by atoms with Crippen LogP contribution in [0.25, 0.3) is 0 Å². The fourth-order valence-corrected chi connectivity index (χ4v) is 3.35. The lowest BCUT2D eigenvalue weighted by molar-refractivity contribution is -0.564. The highest BCUT2D eigenvalue weighted by Crippen LogP contribution is 2.82. The van der Waals surface area contributed by atoms with Crippen LogP contribution in [0.3, 0.4) is 0 Å². The predicted octanol–water partition coefficient (Wildman–Crippen LogP) is 6.15. The lowest BCUT2D eigenvalue weighted by Crippen LogP contribution is -3.00. The maximum atomic E-state index is 14.6. The van der Waals surface area contributed by atoms with Gasteiger partial charge < -0.3 is 0 Å². The third kappa shape index (κ3) is 1.78. The van der Waals surface area contributed by atoms with E-state index in [0.717, 1.165) is 0 Å². The number of fused-ring (bicyclic) bond motifs is 1. The third-order valence-corrected chi connectivity index (χ3v) is 5.04. The lowest BCUT2D eigenvalue weighted by atomic mass is 9.50. The average molecular weight is 512 g/mol. The highest BCUT2D eigenvalue weighted by molar-refractivity contribution is 5.45. The van der Waals surface area contributed by atoms with Gasteiger partial charge in [-0.15, -0.1) is 0 Å². The molecule has 0 N–H and O–H groups in total. The van der Waals surface area contributed by atoms with Crippen molar-refractivity contribution < 1.29 is 87.8 Å². The highest BCUT2D eigenvalue weighted by Gasteiger charge is 3.16. The second-order valence-corrected chi connectivity index (χ2v) is 6.49. The molecule has 0 aromatic heterocycles. The summed E-state index contributed by atoms with van der Waals surface area (Å²) in [6.45, 7) is 0. The van der Waals surface area contributed by atoms with Gasteiger partial charge >= 0.3 is 53.3 Å². The smallest absolute Gasteiger partial charge is 0.228 e. The number of hydrogen-bond acceptors (Lipinski definition) is 0. The minimum Gasteiger partial charge on any atom is -0.228 e. The van der Waals surface area contributed by atoms with Crippen molar-refractivity contribution in [3.05, 3.63) is 0 Å². The summed E-state index contributed by atoms with van der Waals surface area (Å²) in [4.78, 5) is 0. The van der Waals surface area contributed by atoms with Crippen molar-refractivity contribution in [3.63, 3.8) is 0 Å². The molecule has 0 heterocycles. The van der Waals surface area contributed by atoms with E-state index in [1.54, 1.807) is 0 Å². The molecule has 20 heteroatoms. The van der Waals surface area contributed by atoms with E-state index in [0.29, 0.717) is 0 Å². The van der Waals surface area contributed by atoms with E-state index in [1.807, 2.05) is 0 Å². The number of halogens is 20. The Hall–Kier alpha value is -1.40. The first-order chi connectivity index (χ1) is 13.0. The summed E-state index contributed by atoms with van der Waals surface area (Å²) in [5.74, 6) is -60.7. The maximum absolute atomic E-state index is 14.6. The molecule has 2 aliphatic carbocycles. The quantitative estimate of drug-likeness (QED) is 0.342. The van der Waals surface area contributed by atoms with E-state index in [9.17, 15) is 87.8 Å². The summed E-state index contributed by atoms with van der Waals surface area (Å²) in [5.41, 5.74) is -27.2. The summed E-state index contributed by atoms with van der Waals surface area (Å²) in [6.07, 6.45) is -8.58. The molecule has 0 amide bonds. The fraction of sp³-hybridized carbons (Fsp3) is 1.00. The van der Waals surface area contributed by atoms with Crippen LogP contribution in [0.15, 0.2) is 0 Å². The standard InChI is InChI=1S/C11F20/c12-1-2(13,6(19,20)10(27,28)9(25,26)4(1,15)16)5(17,18)8(23,24)7(21,22)3(1,14)11(29,30)31/t1-,2+,3+/m1/s1. The molecule has 184 valence electrons. The Morgan fingerprint density at radius 1 is 0.290 bits per heavy atom. The summed E-state index contributed by atoms with van der Waals surface area (Å²) >= 11 is 0. The molecule has 2 saturated carbocycles. The van der Waals surface area contributed by atoms with Crippen molar-refractivity contribution in [1.82, 2.24) is 0 Å². The van der Waals surface area contributed by atoms with Crippen molar-refractivity contribution in [2.24, 2.45) is 0 Å². The minimum absolute atomic E-state index is 8.45. The van der Waals surface area contributed by atoms with Crippen LogP contribution < -0.4 is 0 Å². The zero-order chi connectivity index (χ0) is 25.5. The van der Waals surface area contributed by atoms with Crippen LogP contribution in [0.2, 0.25) is 0 Å². The lowest BCUT2D eigenvalue weighted by Gasteiger charge is -2.65. The Kier molecular flexibility index (Phi) is 4.35. The van der Waals surface area contributed by atoms with E-state index in [2.05, 4.69) is 0 Å². The Labute approximate surface area is 154 Å². The summed E-state index contributed by atoms with van der Waals surface area (Å²) in [7, 11) is 0. The first kappa shape index (κ1) is 25.9. The van der Waals surface area contributed by atoms with Crippen LogP contribution in [-0.4, -0.2) is 64.6 Å². The van der Waals surface area contributed by atoms with E-state index in [4.69, 9.17) is 0 Å². The van der Waals surface area contributed by atoms with Crippen LogP contribution in [0.4, 0.5) is 87.8 Å². The molecular weight excluding hydrogens is 512 g/mol. The van der Waals surface area contributed by atoms with Gasteiger partial charge in [0.15, 0.2) is 0 Å². The van der Waals surface area contributed by atoms with Gasteiger partial charge in [0.1, 0.15) is 0 Å². The zero-order valence-electron chi connectivity index (χ0n) is 13.1. The SMILES string of the molecule is FC1(F)C(F)(F)C(F)(F)[C@@]2(F)[C@@](F)(C1(F)F)C(F)(F)C(F)(F)C(F)(F)[C@]2(F)C(F)(F)F. The molecule has 0 saturated heterocycles. The fourth-order valence-electron chi connectivity index (χ4n) is 3.35. The highest BCUT2D eigenvalue weighted by atomic mass is 19.4. The van der Waals surface area contributed by atoms with Crippen LogP contribution in [0.5, 0.6) is 0 Å². The first-order valence-electron chi connectivity index (χ1n) is 6.78. The van der Waals surface area contributed by atoms with Crippen molar-refractivity contribution in [2.45, 2.75) is 64.6 Å². The van der Waals surface area contributed by atoms with Crippen molar-refractivity contribution >= 4 is 0 Å². The van der Waals surface area contributed by atoms with Crippen LogP contribution >= 0.6 is 0 Å². The molecule has 2 fully saturated rings. The third-order valence-electron chi connectivity index (χ3n) is 5.04. The Morgan fingerprint density at radius 3 is 0.774 bits per heavy atom. The van der Waals surface area contributed by atoms with Gasteiger partial charge in [0.05, 0.1) is 0 Å². The molecule has 3 atom stereocenters. The summed E-state index contributed by atoms with van der Waals surface area (Å²) in [5, 5.41) is 0. The molecule has 0 nitrogen and oxygen atoms in total. The van der Waals surface area contributed by atoms with Gasteiger partial charge in [0.2, 0.25) is 0 Å². The van der Waals surface area contributed by atoms with E-state index in [-0.39, 0.29) is 0 Å². The average Bonchev–Trinajstić information content (AvgIpc) is 2.54. The van der Waals surface area contributed by atoms with Crippen LogP contribution in [0, 0.1) is 0 Å². The molecule has 0 unspecified atom stereocenters. The van der Waals surface area contributed by atoms with Gasteiger partial charge in [0, 0.05) is 0 Å². The number of hydrogen-bond donors (Lipinski definition) is 0. The first-order valence-corrected chi connectivity index (χ1v) is 6.78. The van der Waals surface area contributed by atoms with Gasteiger partial charge in [0.25, 0.3) is 11.3 Å². The van der Waals surface area contributed by atoms with E-state index < -0.39 is 64.6 Å². The topological polar surface area (TPSA) is 0 Å². The maximum Gasteiger partial charge on any atom is 0.432 e. The Balaban J connectivity index is 3.37. The van der Waals surface area contributed by atoms with Crippen molar-refractivity contribution in [1.29, 1.82) is 0 Å². The monoisotopic (exact) mass is 512 g/mol. The molecule has 0 aromatic rings. The molecule has 0 aliphatic heterocycles. The Morgan fingerprint density at radius 2 is 0.516 bits per heavy atom. The second-order valence-electron chi connectivity index (χ2n) is 6.49. The molecule has 31 heavy (non-hydrogen) atoms. The van der Waals surface area contributed by atoms with E-state index in [1.165, 1.54) is 0 Å². The molecule has 2 aliphatic rings. The molecule has 2 rings (SSSR count). The minimum atomic E-state index is -9.16. The van der Waals surface area contributed by atoms with Gasteiger partial charge in [-0.1, -0.05) is 0 Å². The predicted molar refractivity (Wildman–Crippen MR) is 52.2 cm³/mol. The number of alkyl halides is 20. The zero-order valence-corrected chi connectivity index (χ0v) is 13.1. The number of rotatable bonds is 0. The molecule has 0 bridgehead atoms.